The summed E-state index contributed by atoms with van der Waals surface area (Å²) < 4.78 is 0. The van der Waals surface area contributed by atoms with Crippen LogP contribution in [0.5, 0.6) is 0 Å². The third kappa shape index (κ3) is 1.98. The smallest absolute Gasteiger partial charge is 0.252 e. The molecule has 4 atom stereocenters. The van der Waals surface area contributed by atoms with Gasteiger partial charge in [-0.15, -0.1) is 0 Å². The van der Waals surface area contributed by atoms with Crippen molar-refractivity contribution in [3.63, 3.8) is 0 Å². The van der Waals surface area contributed by atoms with E-state index in [1.807, 2.05) is 47.4 Å². The van der Waals surface area contributed by atoms with Gasteiger partial charge in [-0.2, -0.15) is 5.10 Å². The maximum Gasteiger partial charge on any atom is 0.252 e. The number of benzene rings is 1. The van der Waals surface area contributed by atoms with Gasteiger partial charge in [0.1, 0.15) is 5.82 Å². The van der Waals surface area contributed by atoms with Gasteiger partial charge in [0.25, 0.3) is 5.91 Å². The van der Waals surface area contributed by atoms with Gasteiger partial charge in [-0.25, -0.2) is 0 Å². The van der Waals surface area contributed by atoms with Crippen LogP contribution in [-0.2, 0) is 4.79 Å². The Labute approximate surface area is 141 Å². The molecule has 3 aliphatic rings. The quantitative estimate of drug-likeness (QED) is 0.875. The lowest BCUT2D eigenvalue weighted by Crippen LogP contribution is -2.55. The predicted octanol–water partition coefficient (Wildman–Crippen LogP) is 3.64. The highest BCUT2D eigenvalue weighted by atomic mass is 16.2. The maximum absolute atomic E-state index is 12.9. The number of carbonyl (C=O) groups excluding carboxylic acids is 1. The molecule has 5 rings (SSSR count). The normalized spacial score (nSPS) is 32.9. The van der Waals surface area contributed by atoms with E-state index in [9.17, 15) is 4.79 Å². The van der Waals surface area contributed by atoms with Crippen LogP contribution >= 0.6 is 0 Å². The van der Waals surface area contributed by atoms with Crippen molar-refractivity contribution >= 4 is 17.8 Å². The number of nitrogens with one attached hydrogen (secondary N) is 1. The zero-order valence-electron chi connectivity index (χ0n) is 13.6. The molecule has 24 heavy (non-hydrogen) atoms. The van der Waals surface area contributed by atoms with Crippen LogP contribution in [0.3, 0.4) is 0 Å². The number of H-pyrrole nitrogens is 1. The van der Waals surface area contributed by atoms with Gasteiger partial charge in [0.2, 0.25) is 0 Å². The van der Waals surface area contributed by atoms with Crippen molar-refractivity contribution in [1.29, 1.82) is 0 Å². The lowest BCUT2D eigenvalue weighted by molar-refractivity contribution is -0.115. The molecule has 3 saturated carbocycles. The van der Waals surface area contributed by atoms with Gasteiger partial charge < -0.3 is 0 Å². The molecular weight excluding hydrogens is 298 g/mol. The molecule has 1 N–H and O–H groups in total. The number of nitrogens with zero attached hydrogens (tertiary/aromatic N) is 2. The minimum Gasteiger partial charge on any atom is -0.290 e. The minimum atomic E-state index is 0.0482. The molecule has 122 valence electrons. The first-order chi connectivity index (χ1) is 11.8. The molecule has 2 aromatic rings. The molecular formula is C20H21N3O. The van der Waals surface area contributed by atoms with Crippen LogP contribution in [-0.4, -0.2) is 22.1 Å². The number of hydrogen-bond acceptors (Lipinski definition) is 2. The topological polar surface area (TPSA) is 49.0 Å². The molecule has 1 spiro atoms. The number of hydrogen-bond donors (Lipinski definition) is 1. The highest BCUT2D eigenvalue weighted by molar-refractivity contribution is 6.04. The standard InChI is InChI=1S/C20H21N3O/c24-19(9-6-14-4-2-1-3-5-14)23(18-10-11-21-22-18)17-13-20-12-15(20)7-8-16(17)20/h1-6,9-11,15-17H,7-8,12-13H2,(H,21,22)/b9-6+. The number of aromatic amines is 1. The van der Waals surface area contributed by atoms with E-state index in [2.05, 4.69) is 10.2 Å². The van der Waals surface area contributed by atoms with Gasteiger partial charge in [0, 0.05) is 18.2 Å². The van der Waals surface area contributed by atoms with Crippen LogP contribution in [0, 0.1) is 17.3 Å². The number of anilines is 1. The maximum atomic E-state index is 12.9. The molecule has 4 unspecified atom stereocenters. The summed E-state index contributed by atoms with van der Waals surface area (Å²) in [5, 5.41) is 7.05. The van der Waals surface area contributed by atoms with E-state index in [1.165, 1.54) is 19.3 Å². The zero-order chi connectivity index (χ0) is 16.1. The van der Waals surface area contributed by atoms with Crippen LogP contribution in [0.4, 0.5) is 5.82 Å². The van der Waals surface area contributed by atoms with Crippen LogP contribution in [0.2, 0.25) is 0 Å². The fraction of sp³-hybridized carbons (Fsp3) is 0.400. The fourth-order valence-corrected chi connectivity index (χ4v) is 5.19. The summed E-state index contributed by atoms with van der Waals surface area (Å²) in [6, 6.07) is 12.2. The summed E-state index contributed by atoms with van der Waals surface area (Å²) in [5.74, 6) is 2.49. The molecule has 1 aromatic heterocycles. The molecule has 0 saturated heterocycles. The first-order valence-electron chi connectivity index (χ1n) is 8.84. The summed E-state index contributed by atoms with van der Waals surface area (Å²) in [6.07, 6.45) is 10.5. The second kappa shape index (κ2) is 5.07. The zero-order valence-corrected chi connectivity index (χ0v) is 13.6. The summed E-state index contributed by atoms with van der Waals surface area (Å²) in [4.78, 5) is 14.9. The molecule has 4 heteroatoms. The Balaban J connectivity index is 1.40. The van der Waals surface area contributed by atoms with E-state index in [0.717, 1.165) is 23.7 Å². The number of aromatic nitrogens is 2. The lowest BCUT2D eigenvalue weighted by Gasteiger charge is -2.48. The number of amides is 1. The Morgan fingerprint density at radius 3 is 2.79 bits per heavy atom. The lowest BCUT2D eigenvalue weighted by atomic mass is 9.66. The molecule has 1 heterocycles. The SMILES string of the molecule is O=C(/C=C/c1ccccc1)N(c1ccn[nH]1)C1CC23CC2CCC13. The van der Waals surface area contributed by atoms with Gasteiger partial charge in [-0.05, 0) is 54.6 Å². The summed E-state index contributed by atoms with van der Waals surface area (Å²) >= 11 is 0. The molecule has 1 aromatic carbocycles. The second-order valence-electron chi connectivity index (χ2n) is 7.48. The van der Waals surface area contributed by atoms with Gasteiger partial charge in [-0.1, -0.05) is 30.3 Å². The van der Waals surface area contributed by atoms with Gasteiger partial charge in [0.15, 0.2) is 0 Å². The van der Waals surface area contributed by atoms with Crippen LogP contribution < -0.4 is 4.90 Å². The third-order valence-electron chi connectivity index (χ3n) is 6.43. The Hall–Kier alpha value is -2.36. The van der Waals surface area contributed by atoms with E-state index in [1.54, 1.807) is 12.3 Å². The van der Waals surface area contributed by atoms with Crippen molar-refractivity contribution in [3.8, 4) is 0 Å². The Morgan fingerprint density at radius 1 is 1.21 bits per heavy atom. The third-order valence-corrected chi connectivity index (χ3v) is 6.43. The largest absolute Gasteiger partial charge is 0.290 e. The van der Waals surface area contributed by atoms with Crippen molar-refractivity contribution in [3.05, 3.63) is 54.2 Å². The van der Waals surface area contributed by atoms with Gasteiger partial charge >= 0.3 is 0 Å². The van der Waals surface area contributed by atoms with E-state index in [4.69, 9.17) is 0 Å². The predicted molar refractivity (Wildman–Crippen MR) is 93.2 cm³/mol. The molecule has 3 fully saturated rings. The number of carbonyl (C=O) groups is 1. The van der Waals surface area contributed by atoms with Crippen molar-refractivity contribution in [2.24, 2.45) is 17.3 Å². The summed E-state index contributed by atoms with van der Waals surface area (Å²) in [6.45, 7) is 0. The van der Waals surface area contributed by atoms with Crippen LogP contribution in [0.1, 0.15) is 31.2 Å². The second-order valence-corrected chi connectivity index (χ2v) is 7.48. The molecule has 1 amide bonds. The molecule has 3 aliphatic carbocycles. The Morgan fingerprint density at radius 2 is 2.08 bits per heavy atom. The molecule has 4 nitrogen and oxygen atoms in total. The highest BCUT2D eigenvalue weighted by Crippen LogP contribution is 2.76. The molecule has 0 radical (unpaired) electrons. The first-order valence-corrected chi connectivity index (χ1v) is 8.84. The highest BCUT2D eigenvalue weighted by Gasteiger charge is 2.72. The van der Waals surface area contributed by atoms with Crippen molar-refractivity contribution in [2.75, 3.05) is 4.90 Å². The number of rotatable bonds is 4. The van der Waals surface area contributed by atoms with Crippen molar-refractivity contribution < 1.29 is 4.79 Å². The van der Waals surface area contributed by atoms with E-state index in [-0.39, 0.29) is 5.91 Å². The molecule has 0 aliphatic heterocycles. The van der Waals surface area contributed by atoms with Gasteiger partial charge in [-0.3, -0.25) is 14.8 Å². The summed E-state index contributed by atoms with van der Waals surface area (Å²) in [7, 11) is 0. The van der Waals surface area contributed by atoms with E-state index in [0.29, 0.717) is 17.4 Å². The monoisotopic (exact) mass is 319 g/mol. The van der Waals surface area contributed by atoms with Gasteiger partial charge in [0.05, 0.1) is 6.20 Å². The van der Waals surface area contributed by atoms with Crippen LogP contribution in [0.15, 0.2) is 48.7 Å². The summed E-state index contributed by atoms with van der Waals surface area (Å²) in [5.41, 5.74) is 1.63. The van der Waals surface area contributed by atoms with Crippen molar-refractivity contribution in [2.45, 2.75) is 31.7 Å². The average Bonchev–Trinajstić information content (AvgIpc) is 2.97. The molecule has 0 bridgehead atoms. The Bertz CT molecular complexity index is 780. The van der Waals surface area contributed by atoms with Crippen molar-refractivity contribution in [1.82, 2.24) is 10.2 Å². The average molecular weight is 319 g/mol. The van der Waals surface area contributed by atoms with Crippen LogP contribution in [0.25, 0.3) is 6.08 Å². The van der Waals surface area contributed by atoms with E-state index >= 15 is 0 Å². The minimum absolute atomic E-state index is 0.0482. The first kappa shape index (κ1) is 14.0. The Kier molecular flexibility index (Phi) is 2.96. The van der Waals surface area contributed by atoms with E-state index < -0.39 is 0 Å². The fourth-order valence-electron chi connectivity index (χ4n) is 5.19.